The van der Waals surface area contributed by atoms with E-state index in [1.807, 2.05) is 18.0 Å². The molecule has 0 N–H and O–H groups in total. The smallest absolute Gasteiger partial charge is 0.351 e. The van der Waals surface area contributed by atoms with Gasteiger partial charge in [0.05, 0.1) is 28.7 Å². The average molecular weight is 580 g/mol. The summed E-state index contributed by atoms with van der Waals surface area (Å²) in [6, 6.07) is 9.38. The van der Waals surface area contributed by atoms with E-state index in [1.165, 1.54) is 28.6 Å². The Morgan fingerprint density at radius 1 is 1.18 bits per heavy atom. The number of halogens is 5. The van der Waals surface area contributed by atoms with E-state index < -0.39 is 11.7 Å². The van der Waals surface area contributed by atoms with Crippen LogP contribution in [0.1, 0.15) is 29.5 Å². The quantitative estimate of drug-likeness (QED) is 0.261. The number of aliphatic imine (C=N–C) groups is 1. The van der Waals surface area contributed by atoms with Gasteiger partial charge in [-0.15, -0.1) is 0 Å². The number of carbonyl (C=O) groups is 1. The number of rotatable bonds is 6. The van der Waals surface area contributed by atoms with E-state index in [9.17, 15) is 22.4 Å². The van der Waals surface area contributed by atoms with Crippen LogP contribution in [0.25, 0.3) is 17.0 Å². The molecule has 3 heterocycles. The van der Waals surface area contributed by atoms with Gasteiger partial charge in [-0.2, -0.15) is 23.3 Å². The summed E-state index contributed by atoms with van der Waals surface area (Å²) in [6.45, 7) is 1.67. The highest BCUT2D eigenvalue weighted by atomic mass is 35.5. The standard InChI is InChI=1S/C27H26ClF4N5OS/c1-35(21-6-9-36(10-7-21)11-8-29)26-34-25(38)24(39-26)13-17-2-5-23-19(12-17)15-33-37(23)16-18-3-4-20(28)14-22(18)27(30,31)32/h2-5,12-15,21H,6-11,16H2,1H3. The molecule has 0 atom stereocenters. The molecule has 0 radical (unpaired) electrons. The lowest BCUT2D eigenvalue weighted by Crippen LogP contribution is -2.45. The Kier molecular flexibility index (Phi) is 8.02. The Bertz CT molecular complexity index is 1450. The Morgan fingerprint density at radius 3 is 2.67 bits per heavy atom. The van der Waals surface area contributed by atoms with Crippen molar-refractivity contribution in [2.75, 3.05) is 33.4 Å². The number of likely N-dealkylation sites (tertiary alicyclic amines) is 1. The number of alkyl halides is 4. The number of hydrogen-bond donors (Lipinski definition) is 0. The summed E-state index contributed by atoms with van der Waals surface area (Å²) in [6.07, 6.45) is 0.582. The van der Waals surface area contributed by atoms with Crippen molar-refractivity contribution in [3.8, 4) is 0 Å². The molecule has 5 rings (SSSR count). The summed E-state index contributed by atoms with van der Waals surface area (Å²) in [5.41, 5.74) is 0.709. The van der Waals surface area contributed by atoms with E-state index in [4.69, 9.17) is 11.6 Å². The third-order valence-corrected chi connectivity index (χ3v) is 8.39. The first kappa shape index (κ1) is 27.7. The first-order valence-electron chi connectivity index (χ1n) is 12.5. The Hall–Kier alpha value is -2.89. The number of amidine groups is 1. The van der Waals surface area contributed by atoms with Gasteiger partial charge in [0.2, 0.25) is 0 Å². The molecule has 0 saturated carbocycles. The second kappa shape index (κ2) is 11.3. The van der Waals surface area contributed by atoms with Crippen molar-refractivity contribution < 1.29 is 22.4 Å². The van der Waals surface area contributed by atoms with Gasteiger partial charge in [-0.25, -0.2) is 4.39 Å². The fourth-order valence-corrected chi connectivity index (χ4v) is 6.06. The molecule has 6 nitrogen and oxygen atoms in total. The molecule has 0 spiro atoms. The zero-order chi connectivity index (χ0) is 27.7. The monoisotopic (exact) mass is 579 g/mol. The first-order chi connectivity index (χ1) is 18.6. The minimum absolute atomic E-state index is 0.0192. The Labute approximate surface area is 232 Å². The van der Waals surface area contributed by atoms with E-state index in [-0.39, 0.29) is 35.8 Å². The maximum atomic E-state index is 13.5. The number of amides is 1. The van der Waals surface area contributed by atoms with E-state index >= 15 is 0 Å². The molecule has 2 aliphatic heterocycles. The third-order valence-electron chi connectivity index (χ3n) is 7.08. The van der Waals surface area contributed by atoms with Crippen molar-refractivity contribution in [3.63, 3.8) is 0 Å². The molecule has 206 valence electrons. The average Bonchev–Trinajstić information content (AvgIpc) is 3.47. The van der Waals surface area contributed by atoms with Gasteiger partial charge in [0.25, 0.3) is 5.91 Å². The van der Waals surface area contributed by atoms with E-state index in [0.29, 0.717) is 22.1 Å². The minimum atomic E-state index is -4.53. The molecular weight excluding hydrogens is 554 g/mol. The van der Waals surface area contributed by atoms with Crippen LogP contribution < -0.4 is 0 Å². The van der Waals surface area contributed by atoms with Crippen molar-refractivity contribution in [2.45, 2.75) is 31.6 Å². The second-order valence-electron chi connectivity index (χ2n) is 9.60. The van der Waals surface area contributed by atoms with Crippen LogP contribution in [0.2, 0.25) is 5.02 Å². The van der Waals surface area contributed by atoms with E-state index in [2.05, 4.69) is 15.0 Å². The number of benzene rings is 2. The highest BCUT2D eigenvalue weighted by Crippen LogP contribution is 2.35. The molecule has 1 saturated heterocycles. The molecule has 39 heavy (non-hydrogen) atoms. The van der Waals surface area contributed by atoms with Crippen molar-refractivity contribution in [3.05, 3.63) is 69.2 Å². The molecule has 2 aromatic carbocycles. The van der Waals surface area contributed by atoms with Crippen LogP contribution in [0.15, 0.2) is 52.5 Å². The number of fused-ring (bicyclic) bond motifs is 1. The fourth-order valence-electron chi connectivity index (χ4n) is 4.94. The number of piperidine rings is 1. The predicted octanol–water partition coefficient (Wildman–Crippen LogP) is 6.09. The summed E-state index contributed by atoms with van der Waals surface area (Å²) in [5, 5.41) is 5.70. The van der Waals surface area contributed by atoms with Gasteiger partial charge in [0.15, 0.2) is 5.17 Å². The zero-order valence-corrected chi connectivity index (χ0v) is 22.7. The van der Waals surface area contributed by atoms with Crippen molar-refractivity contribution in [1.29, 1.82) is 0 Å². The van der Waals surface area contributed by atoms with Gasteiger partial charge in [0, 0.05) is 43.1 Å². The van der Waals surface area contributed by atoms with Crippen LogP contribution in [0.5, 0.6) is 0 Å². The highest BCUT2D eigenvalue weighted by Gasteiger charge is 2.34. The van der Waals surface area contributed by atoms with Gasteiger partial charge in [-0.3, -0.25) is 9.48 Å². The van der Waals surface area contributed by atoms with Crippen molar-refractivity contribution in [1.82, 2.24) is 19.6 Å². The van der Waals surface area contributed by atoms with E-state index in [1.54, 1.807) is 24.4 Å². The molecule has 1 amide bonds. The summed E-state index contributed by atoms with van der Waals surface area (Å²) in [7, 11) is 1.93. The number of thioether (sulfide) groups is 1. The maximum absolute atomic E-state index is 13.5. The van der Waals surface area contributed by atoms with Crippen LogP contribution >= 0.6 is 23.4 Å². The van der Waals surface area contributed by atoms with Crippen molar-refractivity contribution in [2.24, 2.45) is 4.99 Å². The van der Waals surface area contributed by atoms with Gasteiger partial charge in [0.1, 0.15) is 6.67 Å². The predicted molar refractivity (Wildman–Crippen MR) is 146 cm³/mol. The summed E-state index contributed by atoms with van der Waals surface area (Å²) in [4.78, 5) is 21.5. The largest absolute Gasteiger partial charge is 0.416 e. The lowest BCUT2D eigenvalue weighted by atomic mass is 10.0. The fraction of sp³-hybridized carbons (Fsp3) is 0.370. The molecule has 0 unspecified atom stereocenters. The van der Waals surface area contributed by atoms with Gasteiger partial charge in [-0.1, -0.05) is 23.7 Å². The van der Waals surface area contributed by atoms with Crippen LogP contribution in [0, 0.1) is 0 Å². The summed E-state index contributed by atoms with van der Waals surface area (Å²) < 4.78 is 54.7. The Balaban J connectivity index is 1.29. The van der Waals surface area contributed by atoms with Gasteiger partial charge in [-0.05, 0) is 66.1 Å². The third kappa shape index (κ3) is 6.15. The second-order valence-corrected chi connectivity index (χ2v) is 11.0. The molecule has 0 aliphatic carbocycles. The maximum Gasteiger partial charge on any atom is 0.416 e. The molecule has 3 aromatic rings. The number of hydrogen-bond acceptors (Lipinski definition) is 5. The lowest BCUT2D eigenvalue weighted by molar-refractivity contribution is -0.138. The molecule has 0 bridgehead atoms. The first-order valence-corrected chi connectivity index (χ1v) is 13.7. The molecule has 1 fully saturated rings. The van der Waals surface area contributed by atoms with Crippen LogP contribution in [0.3, 0.4) is 0 Å². The van der Waals surface area contributed by atoms with Crippen LogP contribution in [-0.4, -0.2) is 70.1 Å². The topological polar surface area (TPSA) is 53.7 Å². The SMILES string of the molecule is CN(C1=NC(=O)C(=Cc2ccc3c(cnn3Cc3ccc(Cl)cc3C(F)(F)F)c2)S1)C1CCN(CCF)CC1. The summed E-state index contributed by atoms with van der Waals surface area (Å²) in [5.74, 6) is -0.310. The normalized spacial score (nSPS) is 18.4. The highest BCUT2D eigenvalue weighted by molar-refractivity contribution is 8.18. The molecule has 1 aromatic heterocycles. The summed E-state index contributed by atoms with van der Waals surface area (Å²) >= 11 is 7.12. The molecule has 12 heteroatoms. The van der Waals surface area contributed by atoms with Crippen LogP contribution in [0.4, 0.5) is 17.6 Å². The van der Waals surface area contributed by atoms with Gasteiger partial charge < -0.3 is 9.80 Å². The number of nitrogens with zero attached hydrogens (tertiary/aromatic N) is 5. The minimum Gasteiger partial charge on any atom is -0.351 e. The number of carbonyl (C=O) groups excluding carboxylic acids is 1. The van der Waals surface area contributed by atoms with Gasteiger partial charge >= 0.3 is 6.18 Å². The molecular formula is C27H26ClF4N5OS. The lowest BCUT2D eigenvalue weighted by Gasteiger charge is -2.36. The Morgan fingerprint density at radius 2 is 1.95 bits per heavy atom. The van der Waals surface area contributed by atoms with Crippen LogP contribution in [-0.2, 0) is 17.5 Å². The van der Waals surface area contributed by atoms with E-state index in [0.717, 1.165) is 42.9 Å². The number of aromatic nitrogens is 2. The molecule has 2 aliphatic rings. The zero-order valence-electron chi connectivity index (χ0n) is 21.1. The van der Waals surface area contributed by atoms with Crippen molar-refractivity contribution >= 4 is 51.4 Å².